The zero-order chi connectivity index (χ0) is 28.6. The number of carbonyl (C=O) groups excluding carboxylic acids is 3. The van der Waals surface area contributed by atoms with Gasteiger partial charge in [0.05, 0.1) is 23.7 Å². The molecule has 2 saturated heterocycles. The van der Waals surface area contributed by atoms with Gasteiger partial charge in [-0.25, -0.2) is 0 Å². The molecule has 2 fully saturated rings. The minimum absolute atomic E-state index is 0.0181. The molecule has 8 nitrogen and oxygen atoms in total. The zero-order valence-electron chi connectivity index (χ0n) is 23.1. The van der Waals surface area contributed by atoms with Crippen LogP contribution >= 0.6 is 11.8 Å². The molecular weight excluding hydrogens is 538 g/mol. The fourth-order valence-corrected chi connectivity index (χ4v) is 8.77. The van der Waals surface area contributed by atoms with Crippen molar-refractivity contribution in [2.75, 3.05) is 38.3 Å². The molecule has 214 valence electrons. The summed E-state index contributed by atoms with van der Waals surface area (Å²) in [5, 5.41) is 9.23. The Kier molecular flexibility index (Phi) is 7.66. The number of thioether (sulfide) groups is 1. The van der Waals surface area contributed by atoms with Crippen molar-refractivity contribution in [3.05, 3.63) is 84.5 Å². The molecule has 0 aliphatic carbocycles. The molecule has 5 atom stereocenters. The average molecular weight is 574 g/mol. The number of benzene rings is 2. The molecule has 41 heavy (non-hydrogen) atoms. The summed E-state index contributed by atoms with van der Waals surface area (Å²) in [4.78, 5) is 48.2. The Balaban J connectivity index is 1.37. The quantitative estimate of drug-likeness (QED) is 0.385. The van der Waals surface area contributed by atoms with E-state index in [1.165, 1.54) is 0 Å². The van der Waals surface area contributed by atoms with Crippen molar-refractivity contribution in [3.63, 3.8) is 0 Å². The van der Waals surface area contributed by atoms with Crippen molar-refractivity contribution in [2.45, 2.75) is 35.4 Å². The van der Waals surface area contributed by atoms with E-state index >= 15 is 0 Å². The second-order valence-electron chi connectivity index (χ2n) is 11.0. The average Bonchev–Trinajstić information content (AvgIpc) is 3.30. The third-order valence-electron chi connectivity index (χ3n) is 8.65. The summed E-state index contributed by atoms with van der Waals surface area (Å²) in [5.41, 5.74) is 1.76. The van der Waals surface area contributed by atoms with Gasteiger partial charge in [0, 0.05) is 43.7 Å². The third kappa shape index (κ3) is 4.75. The van der Waals surface area contributed by atoms with Crippen LogP contribution in [0.4, 0.5) is 5.69 Å². The van der Waals surface area contributed by atoms with Crippen LogP contribution < -0.4 is 9.64 Å². The van der Waals surface area contributed by atoms with Gasteiger partial charge < -0.3 is 24.5 Å². The molecule has 2 aromatic rings. The molecule has 2 aromatic carbocycles. The lowest BCUT2D eigenvalue weighted by Crippen LogP contribution is -2.53. The molecule has 4 aliphatic rings. The van der Waals surface area contributed by atoms with Gasteiger partial charge in [-0.3, -0.25) is 14.4 Å². The van der Waals surface area contributed by atoms with Crippen molar-refractivity contribution in [3.8, 4) is 5.75 Å². The lowest BCUT2D eigenvalue weighted by Gasteiger charge is -2.35. The number of likely N-dealkylation sites (tertiary alicyclic amines) is 1. The highest BCUT2D eigenvalue weighted by Gasteiger charge is 2.70. The minimum Gasteiger partial charge on any atom is -0.497 e. The molecule has 9 heteroatoms. The molecule has 1 unspecified atom stereocenters. The Morgan fingerprint density at radius 1 is 0.951 bits per heavy atom. The molecule has 0 radical (unpaired) electrons. The number of anilines is 1. The maximum Gasteiger partial charge on any atom is 0.251 e. The molecule has 0 saturated carbocycles. The van der Waals surface area contributed by atoms with Crippen molar-refractivity contribution >= 4 is 35.2 Å². The predicted molar refractivity (Wildman–Crippen MR) is 158 cm³/mol. The summed E-state index contributed by atoms with van der Waals surface area (Å²) < 4.78 is 4.44. The van der Waals surface area contributed by atoms with Gasteiger partial charge in [0.2, 0.25) is 11.8 Å². The van der Waals surface area contributed by atoms with Crippen molar-refractivity contribution < 1.29 is 24.2 Å². The topological polar surface area (TPSA) is 90.4 Å². The molecule has 1 spiro atoms. The lowest BCUT2D eigenvalue weighted by atomic mass is 9.78. The van der Waals surface area contributed by atoms with Crippen LogP contribution in [0.5, 0.6) is 5.75 Å². The summed E-state index contributed by atoms with van der Waals surface area (Å²) in [5.74, 6) is -0.861. The summed E-state index contributed by atoms with van der Waals surface area (Å²) in [7, 11) is 1.60. The monoisotopic (exact) mass is 573 g/mol. The summed E-state index contributed by atoms with van der Waals surface area (Å²) in [6, 6.07) is 16.5. The lowest BCUT2D eigenvalue weighted by molar-refractivity contribution is -0.143. The van der Waals surface area contributed by atoms with Crippen LogP contribution in [0.25, 0.3) is 0 Å². The highest BCUT2D eigenvalue weighted by atomic mass is 32.2. The number of rotatable bonds is 8. The first-order valence-electron chi connectivity index (χ1n) is 14.2. The van der Waals surface area contributed by atoms with Crippen LogP contribution in [0.15, 0.2) is 78.9 Å². The van der Waals surface area contributed by atoms with Gasteiger partial charge in [-0.1, -0.05) is 54.6 Å². The third-order valence-corrected chi connectivity index (χ3v) is 10.4. The fraction of sp³-hybridized carbons (Fsp3) is 0.406. The Bertz CT molecular complexity index is 1360. The van der Waals surface area contributed by atoms with Crippen LogP contribution in [-0.2, 0) is 20.9 Å². The van der Waals surface area contributed by atoms with Crippen LogP contribution in [0.2, 0.25) is 0 Å². The molecule has 4 aliphatic heterocycles. The molecule has 1 N–H and O–H groups in total. The largest absolute Gasteiger partial charge is 0.497 e. The summed E-state index contributed by atoms with van der Waals surface area (Å²) >= 11 is 1.59. The number of nitrogens with zero attached hydrogens (tertiary/aromatic N) is 3. The molecule has 3 amide bonds. The highest BCUT2D eigenvalue weighted by Crippen LogP contribution is 2.61. The maximum atomic E-state index is 14.5. The summed E-state index contributed by atoms with van der Waals surface area (Å²) in [6.45, 7) is 1.70. The zero-order valence-corrected chi connectivity index (χ0v) is 23.9. The SMILES string of the molecule is COc1ccc(N2CC=C[C@]34S[C@H]5C=CCN(Cc6ccccc6)C(=O)[C@H]5[C@H]3C(=O)N(CCCCO)C4C2=O)cc1. The molecule has 0 aromatic heterocycles. The van der Waals surface area contributed by atoms with Crippen molar-refractivity contribution in [1.29, 1.82) is 0 Å². The number of ether oxygens (including phenoxy) is 1. The van der Waals surface area contributed by atoms with E-state index < -0.39 is 22.6 Å². The van der Waals surface area contributed by atoms with E-state index in [9.17, 15) is 19.5 Å². The fourth-order valence-electron chi connectivity index (χ4n) is 6.76. The van der Waals surface area contributed by atoms with E-state index in [-0.39, 0.29) is 29.6 Å². The first kappa shape index (κ1) is 27.6. The minimum atomic E-state index is -0.861. The molecular formula is C32H35N3O5S. The van der Waals surface area contributed by atoms with Gasteiger partial charge >= 0.3 is 0 Å². The van der Waals surface area contributed by atoms with Gasteiger partial charge in [-0.05, 0) is 42.7 Å². The Morgan fingerprint density at radius 3 is 2.46 bits per heavy atom. The summed E-state index contributed by atoms with van der Waals surface area (Å²) in [6.07, 6.45) is 9.22. The van der Waals surface area contributed by atoms with Crippen LogP contribution in [-0.4, -0.2) is 82.0 Å². The van der Waals surface area contributed by atoms with E-state index in [2.05, 4.69) is 6.08 Å². The standard InChI is InChI=1S/C32H35N3O5S/c1-40-24-14-12-23(13-15-24)34-19-8-16-32-27(30(38)35(18-5-6-20-36)28(32)31(34)39)26-25(41-32)11-7-17-33(29(26)37)21-22-9-3-2-4-10-22/h2-4,7-16,25-28,36H,5-6,17-21H2,1H3/t25-,26+,27-,28?,32-/m0/s1. The van der Waals surface area contributed by atoms with Gasteiger partial charge in [-0.15, -0.1) is 11.8 Å². The van der Waals surface area contributed by atoms with E-state index in [1.807, 2.05) is 77.7 Å². The van der Waals surface area contributed by atoms with E-state index in [0.29, 0.717) is 44.8 Å². The van der Waals surface area contributed by atoms with Crippen LogP contribution in [0.3, 0.4) is 0 Å². The van der Waals surface area contributed by atoms with E-state index in [0.717, 1.165) is 11.3 Å². The molecule has 4 heterocycles. The van der Waals surface area contributed by atoms with Crippen LogP contribution in [0, 0.1) is 11.8 Å². The number of methoxy groups -OCH3 is 1. The van der Waals surface area contributed by atoms with Gasteiger partial charge in [0.1, 0.15) is 11.8 Å². The van der Waals surface area contributed by atoms with E-state index in [1.54, 1.807) is 28.7 Å². The van der Waals surface area contributed by atoms with Crippen molar-refractivity contribution in [2.24, 2.45) is 11.8 Å². The Morgan fingerprint density at radius 2 is 1.73 bits per heavy atom. The maximum absolute atomic E-state index is 14.5. The first-order valence-corrected chi connectivity index (χ1v) is 15.1. The molecule has 6 rings (SSSR count). The van der Waals surface area contributed by atoms with E-state index in [4.69, 9.17) is 4.74 Å². The Hall–Kier alpha value is -3.56. The second-order valence-corrected chi connectivity index (χ2v) is 12.5. The number of unbranched alkanes of at least 4 members (excludes halogenated alkanes) is 1. The normalized spacial score (nSPS) is 28.8. The first-order chi connectivity index (χ1) is 20.0. The number of aliphatic hydroxyl groups is 1. The van der Waals surface area contributed by atoms with Gasteiger partial charge in [0.25, 0.3) is 5.91 Å². The number of hydrogen-bond donors (Lipinski definition) is 1. The van der Waals surface area contributed by atoms with Gasteiger partial charge in [-0.2, -0.15) is 0 Å². The molecule has 0 bridgehead atoms. The second kappa shape index (κ2) is 11.4. The Labute approximate surface area is 244 Å². The number of carbonyl (C=O) groups is 3. The highest BCUT2D eigenvalue weighted by molar-refractivity contribution is 8.02. The number of aliphatic hydroxyl groups excluding tert-OH is 1. The number of hydrogen-bond acceptors (Lipinski definition) is 6. The van der Waals surface area contributed by atoms with Crippen molar-refractivity contribution in [1.82, 2.24) is 9.80 Å². The van der Waals surface area contributed by atoms with Gasteiger partial charge in [0.15, 0.2) is 0 Å². The predicted octanol–water partition coefficient (Wildman–Crippen LogP) is 3.27. The van der Waals surface area contributed by atoms with Crippen LogP contribution in [0.1, 0.15) is 18.4 Å². The number of amides is 3. The number of fused-ring (bicyclic) bond motifs is 2. The smallest absolute Gasteiger partial charge is 0.251 e.